The summed E-state index contributed by atoms with van der Waals surface area (Å²) in [6, 6.07) is 15.1. The van der Waals surface area contributed by atoms with Crippen LogP contribution in [-0.2, 0) is 11.2 Å². The van der Waals surface area contributed by atoms with Gasteiger partial charge in [-0.1, -0.05) is 30.3 Å². The zero-order valence-electron chi connectivity index (χ0n) is 16.3. The number of carbonyl (C=O) groups excluding carboxylic acids is 1. The molecule has 1 aliphatic rings. The minimum absolute atomic E-state index is 0.0130. The summed E-state index contributed by atoms with van der Waals surface area (Å²) in [5, 5.41) is 12.1. The van der Waals surface area contributed by atoms with Gasteiger partial charge in [0, 0.05) is 48.7 Å². The molecule has 0 spiro atoms. The molecule has 0 bridgehead atoms. The number of nitro groups is 1. The van der Waals surface area contributed by atoms with Crippen molar-refractivity contribution in [1.82, 2.24) is 9.88 Å². The Morgan fingerprint density at radius 3 is 2.62 bits per heavy atom. The van der Waals surface area contributed by atoms with E-state index in [1.807, 2.05) is 29.3 Å². The predicted octanol–water partition coefficient (Wildman–Crippen LogP) is 4.81. The van der Waals surface area contributed by atoms with Crippen molar-refractivity contribution in [3.05, 3.63) is 76.0 Å². The summed E-state index contributed by atoms with van der Waals surface area (Å²) in [6.45, 7) is 1.67. The van der Waals surface area contributed by atoms with Gasteiger partial charge in [0.1, 0.15) is 0 Å². The van der Waals surface area contributed by atoms with E-state index in [4.69, 9.17) is 0 Å². The lowest BCUT2D eigenvalue weighted by Crippen LogP contribution is -2.29. The van der Waals surface area contributed by atoms with E-state index in [1.165, 1.54) is 11.6 Å². The monoisotopic (exact) mass is 391 g/mol. The molecule has 29 heavy (non-hydrogen) atoms. The van der Waals surface area contributed by atoms with Gasteiger partial charge in [0.25, 0.3) is 5.69 Å². The van der Waals surface area contributed by atoms with Crippen LogP contribution in [0.1, 0.15) is 42.7 Å². The number of H-pyrrole nitrogens is 1. The van der Waals surface area contributed by atoms with Gasteiger partial charge in [-0.2, -0.15) is 0 Å². The number of amides is 1. The molecule has 0 saturated carbocycles. The fraction of sp³-hybridized carbons (Fsp3) is 0.348. The van der Waals surface area contributed by atoms with Gasteiger partial charge in [0.05, 0.1) is 4.92 Å². The molecule has 1 saturated heterocycles. The summed E-state index contributed by atoms with van der Waals surface area (Å²) >= 11 is 0. The number of rotatable bonds is 7. The molecule has 3 aromatic rings. The highest BCUT2D eigenvalue weighted by Gasteiger charge is 2.25. The van der Waals surface area contributed by atoms with E-state index in [0.29, 0.717) is 6.42 Å². The Morgan fingerprint density at radius 1 is 1.14 bits per heavy atom. The lowest BCUT2D eigenvalue weighted by Gasteiger charge is -2.21. The Labute approximate surface area is 169 Å². The van der Waals surface area contributed by atoms with Crippen LogP contribution in [0.5, 0.6) is 0 Å². The van der Waals surface area contributed by atoms with Crippen LogP contribution in [-0.4, -0.2) is 33.8 Å². The second kappa shape index (κ2) is 8.47. The maximum absolute atomic E-state index is 12.9. The van der Waals surface area contributed by atoms with Crippen LogP contribution in [0.2, 0.25) is 0 Å². The largest absolute Gasteiger partial charge is 0.361 e. The standard InChI is InChI=1S/C23H25N3O3/c27-23(25-12-4-5-13-25)14-18(9-8-17-6-2-1-3-7-17)21-16-24-22-11-10-19(26(28)29)15-20(21)22/h1-3,6-7,10-11,15-16,18,24H,4-5,8-9,12-14H2/t18-/m0/s1. The minimum Gasteiger partial charge on any atom is -0.361 e. The van der Waals surface area contributed by atoms with E-state index in [0.717, 1.165) is 55.2 Å². The van der Waals surface area contributed by atoms with Crippen molar-refractivity contribution in [3.63, 3.8) is 0 Å². The molecule has 6 nitrogen and oxygen atoms in total. The maximum atomic E-state index is 12.9. The third kappa shape index (κ3) is 4.31. The highest BCUT2D eigenvalue weighted by atomic mass is 16.6. The molecule has 1 fully saturated rings. The SMILES string of the molecule is O=C(C[C@H](CCc1ccccc1)c1c[nH]c2ccc([N+](=O)[O-])cc12)N1CCCC1. The quantitative estimate of drug-likeness (QED) is 0.464. The van der Waals surface area contributed by atoms with Crippen LogP contribution in [0.4, 0.5) is 5.69 Å². The van der Waals surface area contributed by atoms with E-state index in [2.05, 4.69) is 17.1 Å². The van der Waals surface area contributed by atoms with Gasteiger partial charge in [0.2, 0.25) is 5.91 Å². The van der Waals surface area contributed by atoms with Crippen molar-refractivity contribution in [2.24, 2.45) is 0 Å². The average molecular weight is 391 g/mol. The van der Waals surface area contributed by atoms with Gasteiger partial charge < -0.3 is 9.88 Å². The van der Waals surface area contributed by atoms with E-state index in [-0.39, 0.29) is 22.4 Å². The van der Waals surface area contributed by atoms with Gasteiger partial charge in [-0.3, -0.25) is 14.9 Å². The highest BCUT2D eigenvalue weighted by Crippen LogP contribution is 2.34. The fourth-order valence-electron chi connectivity index (χ4n) is 4.24. The van der Waals surface area contributed by atoms with Crippen molar-refractivity contribution in [2.75, 3.05) is 13.1 Å². The van der Waals surface area contributed by atoms with Crippen molar-refractivity contribution in [1.29, 1.82) is 0 Å². The summed E-state index contributed by atoms with van der Waals surface area (Å²) < 4.78 is 0. The molecule has 1 aromatic heterocycles. The first kappa shape index (κ1) is 19.2. The Hall–Kier alpha value is -3.15. The van der Waals surface area contributed by atoms with E-state index < -0.39 is 0 Å². The molecular weight excluding hydrogens is 366 g/mol. The number of aromatic amines is 1. The first-order chi connectivity index (χ1) is 14.1. The van der Waals surface area contributed by atoms with Gasteiger partial charge in [0.15, 0.2) is 0 Å². The zero-order valence-corrected chi connectivity index (χ0v) is 16.3. The van der Waals surface area contributed by atoms with Crippen LogP contribution >= 0.6 is 0 Å². The van der Waals surface area contributed by atoms with Gasteiger partial charge in [-0.15, -0.1) is 0 Å². The number of non-ortho nitro benzene ring substituents is 1. The lowest BCUT2D eigenvalue weighted by atomic mass is 9.88. The lowest BCUT2D eigenvalue weighted by molar-refractivity contribution is -0.384. The number of aryl methyl sites for hydroxylation is 1. The molecule has 150 valence electrons. The van der Waals surface area contributed by atoms with Crippen LogP contribution < -0.4 is 0 Å². The van der Waals surface area contributed by atoms with Crippen molar-refractivity contribution in [2.45, 2.75) is 38.0 Å². The second-order valence-electron chi connectivity index (χ2n) is 7.74. The summed E-state index contributed by atoms with van der Waals surface area (Å²) in [7, 11) is 0. The van der Waals surface area contributed by atoms with Gasteiger partial charge in [-0.05, 0) is 48.8 Å². The van der Waals surface area contributed by atoms with Gasteiger partial charge >= 0.3 is 0 Å². The van der Waals surface area contributed by atoms with Crippen molar-refractivity contribution in [3.8, 4) is 0 Å². The number of nitro benzene ring substituents is 1. The number of nitrogens with one attached hydrogen (secondary N) is 1. The Morgan fingerprint density at radius 2 is 1.90 bits per heavy atom. The Kier molecular flexibility index (Phi) is 5.60. The molecule has 1 amide bonds. The predicted molar refractivity (Wildman–Crippen MR) is 113 cm³/mol. The molecule has 0 unspecified atom stereocenters. The van der Waals surface area contributed by atoms with Crippen molar-refractivity contribution >= 4 is 22.5 Å². The smallest absolute Gasteiger partial charge is 0.270 e. The first-order valence-electron chi connectivity index (χ1n) is 10.2. The molecule has 2 heterocycles. The first-order valence-corrected chi connectivity index (χ1v) is 10.2. The van der Waals surface area contributed by atoms with Gasteiger partial charge in [-0.25, -0.2) is 0 Å². The maximum Gasteiger partial charge on any atom is 0.270 e. The molecule has 6 heteroatoms. The van der Waals surface area contributed by atoms with Crippen LogP contribution in [0.15, 0.2) is 54.7 Å². The molecule has 0 radical (unpaired) electrons. The number of fused-ring (bicyclic) bond motifs is 1. The molecule has 4 rings (SSSR count). The third-order valence-corrected chi connectivity index (χ3v) is 5.85. The normalized spacial score (nSPS) is 15.0. The molecule has 0 aliphatic carbocycles. The number of aromatic nitrogens is 1. The minimum atomic E-state index is -0.370. The van der Waals surface area contributed by atoms with E-state index in [9.17, 15) is 14.9 Å². The number of likely N-dealkylation sites (tertiary alicyclic amines) is 1. The molecule has 2 aromatic carbocycles. The zero-order chi connectivity index (χ0) is 20.2. The summed E-state index contributed by atoms with van der Waals surface area (Å²) in [6.07, 6.45) is 6.17. The highest BCUT2D eigenvalue weighted by molar-refractivity contribution is 5.87. The van der Waals surface area contributed by atoms with Crippen LogP contribution in [0.3, 0.4) is 0 Å². The number of hydrogen-bond acceptors (Lipinski definition) is 3. The Bertz CT molecular complexity index is 1010. The number of benzene rings is 2. The molecule has 1 aliphatic heterocycles. The summed E-state index contributed by atoms with van der Waals surface area (Å²) in [5.74, 6) is 0.194. The average Bonchev–Trinajstić information content (AvgIpc) is 3.41. The number of carbonyl (C=O) groups is 1. The topological polar surface area (TPSA) is 79.2 Å². The number of hydrogen-bond donors (Lipinski definition) is 1. The Balaban J connectivity index is 1.63. The van der Waals surface area contributed by atoms with E-state index in [1.54, 1.807) is 12.1 Å². The van der Waals surface area contributed by atoms with E-state index >= 15 is 0 Å². The number of nitrogens with zero attached hydrogens (tertiary/aromatic N) is 2. The fourth-order valence-corrected chi connectivity index (χ4v) is 4.24. The van der Waals surface area contributed by atoms with Crippen LogP contribution in [0, 0.1) is 10.1 Å². The van der Waals surface area contributed by atoms with Crippen LogP contribution in [0.25, 0.3) is 10.9 Å². The summed E-state index contributed by atoms with van der Waals surface area (Å²) in [5.41, 5.74) is 3.17. The molecular formula is C23H25N3O3. The third-order valence-electron chi connectivity index (χ3n) is 5.85. The second-order valence-corrected chi connectivity index (χ2v) is 7.74. The van der Waals surface area contributed by atoms with Crippen molar-refractivity contribution < 1.29 is 9.72 Å². The molecule has 1 N–H and O–H groups in total. The summed E-state index contributed by atoms with van der Waals surface area (Å²) in [4.78, 5) is 28.9. The molecule has 1 atom stereocenters.